The van der Waals surface area contributed by atoms with E-state index in [-0.39, 0.29) is 16.5 Å². The maximum atomic E-state index is 13.4. The molecule has 0 aliphatic rings. The molecule has 0 amide bonds. The van der Waals surface area contributed by atoms with Crippen LogP contribution in [0.4, 0.5) is 8.78 Å². The molecule has 2 aromatic carbocycles. The van der Waals surface area contributed by atoms with Crippen molar-refractivity contribution in [2.75, 3.05) is 0 Å². The molecule has 0 atom stereocenters. The summed E-state index contributed by atoms with van der Waals surface area (Å²) in [6.07, 6.45) is 0. The van der Waals surface area contributed by atoms with E-state index in [1.165, 1.54) is 0 Å². The summed E-state index contributed by atoms with van der Waals surface area (Å²) < 4.78 is 31.6. The summed E-state index contributed by atoms with van der Waals surface area (Å²) in [5, 5.41) is 0.289. The van der Waals surface area contributed by atoms with Crippen LogP contribution in [0, 0.1) is 11.6 Å². The summed E-state index contributed by atoms with van der Waals surface area (Å²) >= 11 is 11.6. The Labute approximate surface area is 113 Å². The second kappa shape index (κ2) is 5.55. The lowest BCUT2D eigenvalue weighted by molar-refractivity contribution is 0.436. The van der Waals surface area contributed by atoms with Crippen molar-refractivity contribution in [2.45, 2.75) is 5.88 Å². The van der Waals surface area contributed by atoms with E-state index in [0.29, 0.717) is 5.88 Å². The normalized spacial score (nSPS) is 10.4. The second-order valence-electron chi connectivity index (χ2n) is 3.58. The van der Waals surface area contributed by atoms with Gasteiger partial charge in [-0.3, -0.25) is 0 Å². The minimum absolute atomic E-state index is 0.212. The smallest absolute Gasteiger partial charge is 0.166 e. The number of halogens is 4. The van der Waals surface area contributed by atoms with Crippen LogP contribution in [0.5, 0.6) is 11.5 Å². The lowest BCUT2D eigenvalue weighted by Crippen LogP contribution is -1.91. The molecular formula is C13H8Cl2F2O. The zero-order valence-corrected chi connectivity index (χ0v) is 10.6. The SMILES string of the molecule is Fc1ccc(F)c(Oc2ccc(CCl)cc2Cl)c1. The highest BCUT2D eigenvalue weighted by Gasteiger charge is 2.09. The quantitative estimate of drug-likeness (QED) is 0.710. The van der Waals surface area contributed by atoms with E-state index >= 15 is 0 Å². The van der Waals surface area contributed by atoms with Crippen LogP contribution in [0.1, 0.15) is 5.56 Å². The first kappa shape index (κ1) is 13.1. The number of hydrogen-bond donors (Lipinski definition) is 0. The highest BCUT2D eigenvalue weighted by atomic mass is 35.5. The topological polar surface area (TPSA) is 9.23 Å². The molecule has 0 fully saturated rings. The molecule has 0 aliphatic heterocycles. The molecule has 2 aromatic rings. The maximum Gasteiger partial charge on any atom is 0.166 e. The van der Waals surface area contributed by atoms with E-state index in [4.69, 9.17) is 27.9 Å². The molecule has 0 bridgehead atoms. The van der Waals surface area contributed by atoms with E-state index in [0.717, 1.165) is 23.8 Å². The lowest BCUT2D eigenvalue weighted by Gasteiger charge is -2.09. The van der Waals surface area contributed by atoms with Gasteiger partial charge in [0.1, 0.15) is 11.6 Å². The molecule has 0 saturated carbocycles. The van der Waals surface area contributed by atoms with Gasteiger partial charge < -0.3 is 4.74 Å². The van der Waals surface area contributed by atoms with Gasteiger partial charge in [0.25, 0.3) is 0 Å². The Morgan fingerprint density at radius 3 is 2.44 bits per heavy atom. The molecule has 18 heavy (non-hydrogen) atoms. The summed E-state index contributed by atoms with van der Waals surface area (Å²) in [6, 6.07) is 7.84. The van der Waals surface area contributed by atoms with Crippen LogP contribution < -0.4 is 4.74 Å². The Morgan fingerprint density at radius 1 is 1.00 bits per heavy atom. The molecule has 2 rings (SSSR count). The van der Waals surface area contributed by atoms with E-state index < -0.39 is 11.6 Å². The molecular weight excluding hydrogens is 281 g/mol. The van der Waals surface area contributed by atoms with E-state index in [1.807, 2.05) is 0 Å². The molecule has 0 unspecified atom stereocenters. The molecule has 0 aliphatic carbocycles. The van der Waals surface area contributed by atoms with Crippen molar-refractivity contribution in [2.24, 2.45) is 0 Å². The van der Waals surface area contributed by atoms with Gasteiger partial charge in [0.15, 0.2) is 11.6 Å². The van der Waals surface area contributed by atoms with Crippen molar-refractivity contribution in [3.63, 3.8) is 0 Å². The van der Waals surface area contributed by atoms with E-state index in [1.54, 1.807) is 18.2 Å². The molecule has 5 heteroatoms. The standard InChI is InChI=1S/C13H8Cl2F2O/c14-7-8-1-4-12(10(15)5-8)18-13-6-9(16)2-3-11(13)17/h1-6H,7H2. The molecule has 0 heterocycles. The highest BCUT2D eigenvalue weighted by Crippen LogP contribution is 2.32. The molecule has 0 spiro atoms. The van der Waals surface area contributed by atoms with Crippen molar-refractivity contribution >= 4 is 23.2 Å². The second-order valence-corrected chi connectivity index (χ2v) is 4.25. The fraction of sp³-hybridized carbons (Fsp3) is 0.0769. The number of alkyl halides is 1. The average molecular weight is 289 g/mol. The Bertz CT molecular complexity index is 573. The lowest BCUT2D eigenvalue weighted by atomic mass is 10.2. The third-order valence-electron chi connectivity index (χ3n) is 2.26. The van der Waals surface area contributed by atoms with Crippen molar-refractivity contribution in [1.82, 2.24) is 0 Å². The maximum absolute atomic E-state index is 13.4. The third kappa shape index (κ3) is 2.92. The summed E-state index contributed by atoms with van der Waals surface area (Å²) in [6.45, 7) is 0. The molecule has 0 radical (unpaired) electrons. The van der Waals surface area contributed by atoms with Crippen LogP contribution in [0.15, 0.2) is 36.4 Å². The van der Waals surface area contributed by atoms with Gasteiger partial charge in [0, 0.05) is 11.9 Å². The predicted octanol–water partition coefficient (Wildman–Crippen LogP) is 5.15. The fourth-order valence-corrected chi connectivity index (χ4v) is 1.79. The largest absolute Gasteiger partial charge is 0.453 e. The van der Waals surface area contributed by atoms with Gasteiger partial charge in [0.05, 0.1) is 5.02 Å². The molecule has 0 aromatic heterocycles. The summed E-state index contributed by atoms with van der Waals surface area (Å²) in [7, 11) is 0. The highest BCUT2D eigenvalue weighted by molar-refractivity contribution is 6.32. The number of ether oxygens (including phenoxy) is 1. The van der Waals surface area contributed by atoms with Gasteiger partial charge in [0.2, 0.25) is 0 Å². The number of rotatable bonds is 3. The van der Waals surface area contributed by atoms with Gasteiger partial charge >= 0.3 is 0 Å². The molecule has 1 nitrogen and oxygen atoms in total. The van der Waals surface area contributed by atoms with Gasteiger partial charge in [-0.25, -0.2) is 8.78 Å². The fourth-order valence-electron chi connectivity index (χ4n) is 1.38. The summed E-state index contributed by atoms with van der Waals surface area (Å²) in [4.78, 5) is 0. The predicted molar refractivity (Wildman–Crippen MR) is 67.4 cm³/mol. The molecule has 0 N–H and O–H groups in total. The number of hydrogen-bond acceptors (Lipinski definition) is 1. The van der Waals surface area contributed by atoms with Gasteiger partial charge in [-0.05, 0) is 29.8 Å². The minimum Gasteiger partial charge on any atom is -0.453 e. The summed E-state index contributed by atoms with van der Waals surface area (Å²) in [5.41, 5.74) is 0.814. The van der Waals surface area contributed by atoms with E-state index in [2.05, 4.69) is 0 Å². The number of benzene rings is 2. The zero-order chi connectivity index (χ0) is 13.1. The average Bonchev–Trinajstić information content (AvgIpc) is 2.36. The van der Waals surface area contributed by atoms with Gasteiger partial charge in [-0.15, -0.1) is 11.6 Å². The first-order chi connectivity index (χ1) is 8.60. The van der Waals surface area contributed by atoms with E-state index in [9.17, 15) is 8.78 Å². The van der Waals surface area contributed by atoms with Crippen molar-refractivity contribution in [1.29, 1.82) is 0 Å². The van der Waals surface area contributed by atoms with Crippen LogP contribution >= 0.6 is 23.2 Å². The molecule has 0 saturated heterocycles. The van der Waals surface area contributed by atoms with Gasteiger partial charge in [-0.1, -0.05) is 17.7 Å². The van der Waals surface area contributed by atoms with Crippen LogP contribution in [0.3, 0.4) is 0 Å². The Hall–Kier alpha value is -1.32. The van der Waals surface area contributed by atoms with Gasteiger partial charge in [-0.2, -0.15) is 0 Å². The Balaban J connectivity index is 2.31. The van der Waals surface area contributed by atoms with Crippen molar-refractivity contribution in [3.8, 4) is 11.5 Å². The van der Waals surface area contributed by atoms with Crippen LogP contribution in [0.2, 0.25) is 5.02 Å². The minimum atomic E-state index is -0.658. The zero-order valence-electron chi connectivity index (χ0n) is 9.09. The molecule has 94 valence electrons. The Morgan fingerprint density at radius 2 is 1.78 bits per heavy atom. The third-order valence-corrected chi connectivity index (χ3v) is 2.87. The van der Waals surface area contributed by atoms with Crippen LogP contribution in [-0.4, -0.2) is 0 Å². The van der Waals surface area contributed by atoms with Crippen molar-refractivity contribution < 1.29 is 13.5 Å². The van der Waals surface area contributed by atoms with Crippen LogP contribution in [0.25, 0.3) is 0 Å². The first-order valence-corrected chi connectivity index (χ1v) is 5.98. The van der Waals surface area contributed by atoms with Crippen LogP contribution in [-0.2, 0) is 5.88 Å². The summed E-state index contributed by atoms with van der Waals surface area (Å²) in [5.74, 6) is -0.895. The first-order valence-electron chi connectivity index (χ1n) is 5.07. The van der Waals surface area contributed by atoms with Crippen molar-refractivity contribution in [3.05, 3.63) is 58.6 Å². The monoisotopic (exact) mass is 288 g/mol. The Kier molecular flexibility index (Phi) is 4.04.